The van der Waals surface area contributed by atoms with Crippen LogP contribution in [0.5, 0.6) is 0 Å². The lowest BCUT2D eigenvalue weighted by Crippen LogP contribution is -3.00. The summed E-state index contributed by atoms with van der Waals surface area (Å²) in [5, 5.41) is 2.69. The van der Waals surface area contributed by atoms with Crippen LogP contribution in [0.3, 0.4) is 0 Å². The molecule has 1 aromatic carbocycles. The van der Waals surface area contributed by atoms with Crippen LogP contribution in [0.4, 0.5) is 5.69 Å². The Morgan fingerprint density at radius 2 is 2.00 bits per heavy atom. The van der Waals surface area contributed by atoms with Crippen LogP contribution in [0, 0.1) is 0 Å². The highest BCUT2D eigenvalue weighted by molar-refractivity contribution is 8.18. The highest BCUT2D eigenvalue weighted by Gasteiger charge is 2.20. The lowest BCUT2D eigenvalue weighted by molar-refractivity contribution is -0.115. The van der Waals surface area contributed by atoms with Gasteiger partial charge in [-0.1, -0.05) is 0 Å². The van der Waals surface area contributed by atoms with E-state index in [1.165, 1.54) is 12.1 Å². The molecule has 1 heterocycles. The number of nitrogens with two attached hydrogens (primary N) is 1. The number of benzene rings is 1. The molecule has 23 heavy (non-hydrogen) atoms. The molecule has 0 fully saturated rings. The number of nitrogens with one attached hydrogen (secondary N) is 1. The number of ether oxygens (including phenoxy) is 1. The first-order valence-electron chi connectivity index (χ1n) is 6.36. The van der Waals surface area contributed by atoms with Crippen molar-refractivity contribution in [3.05, 3.63) is 40.8 Å². The van der Waals surface area contributed by atoms with Crippen molar-refractivity contribution >= 4 is 40.4 Å². The number of nitrogens with zero attached hydrogens (tertiary/aromatic N) is 1. The van der Waals surface area contributed by atoms with E-state index in [2.05, 4.69) is 10.3 Å². The lowest BCUT2D eigenvalue weighted by Gasteiger charge is -2.05. The Bertz CT molecular complexity index is 686. The third kappa shape index (κ3) is 5.22. The van der Waals surface area contributed by atoms with E-state index in [0.717, 1.165) is 17.8 Å². The molecule has 9 heteroatoms. The van der Waals surface area contributed by atoms with Crippen LogP contribution >= 0.6 is 11.8 Å². The smallest absolute Gasteiger partial charge is 0.338 e. The van der Waals surface area contributed by atoms with Gasteiger partial charge in [0.05, 0.1) is 17.1 Å². The van der Waals surface area contributed by atoms with Gasteiger partial charge in [-0.2, -0.15) is 4.99 Å². The van der Waals surface area contributed by atoms with Crippen molar-refractivity contribution in [1.29, 1.82) is 0 Å². The van der Waals surface area contributed by atoms with Gasteiger partial charge in [-0.05, 0) is 43.0 Å². The average Bonchev–Trinajstić information content (AvgIpc) is 2.77. The van der Waals surface area contributed by atoms with E-state index in [-0.39, 0.29) is 27.1 Å². The van der Waals surface area contributed by atoms with Crippen LogP contribution in [-0.2, 0) is 14.3 Å². The van der Waals surface area contributed by atoms with Crippen LogP contribution in [-0.4, -0.2) is 29.6 Å². The lowest BCUT2D eigenvalue weighted by atomic mass is 10.2. The number of esters is 1. The summed E-state index contributed by atoms with van der Waals surface area (Å²) in [7, 11) is 0. The largest absolute Gasteiger partial charge is 1.00 e. The van der Waals surface area contributed by atoms with E-state index in [9.17, 15) is 14.4 Å². The Morgan fingerprint density at radius 1 is 1.35 bits per heavy atom. The number of halogens is 1. The third-order valence-corrected chi connectivity index (χ3v) is 3.38. The average molecular weight is 399 g/mol. The molecule has 0 bridgehead atoms. The standard InChI is InChI=1S/C14H13N3O4S.BrH/c1-2-21-13(20)8-3-5-9(6-4-8)16-11(18)7-10-12(19)17-14(15)22-10;/h3-7H,2H2,1H3,(H,16,18)(H2,15,17,19);1H/p-1/b10-7-;. The second kappa shape index (κ2) is 8.49. The van der Waals surface area contributed by atoms with Crippen LogP contribution in [0.2, 0.25) is 0 Å². The summed E-state index contributed by atoms with van der Waals surface area (Å²) < 4.78 is 4.86. The van der Waals surface area contributed by atoms with Crippen molar-refractivity contribution < 1.29 is 36.1 Å². The van der Waals surface area contributed by atoms with Gasteiger partial charge < -0.3 is 32.8 Å². The van der Waals surface area contributed by atoms with Gasteiger partial charge in [0.25, 0.3) is 5.91 Å². The maximum absolute atomic E-state index is 11.8. The summed E-state index contributed by atoms with van der Waals surface area (Å²) in [6.45, 7) is 2.01. The molecule has 1 aromatic rings. The number of hydrogen-bond acceptors (Lipinski definition) is 6. The zero-order valence-electron chi connectivity index (χ0n) is 12.0. The van der Waals surface area contributed by atoms with Crippen molar-refractivity contribution in [3.8, 4) is 0 Å². The summed E-state index contributed by atoms with van der Waals surface area (Å²) in [6, 6.07) is 6.21. The molecule has 0 unspecified atom stereocenters. The third-order valence-electron chi connectivity index (χ3n) is 2.56. The van der Waals surface area contributed by atoms with E-state index in [4.69, 9.17) is 10.5 Å². The second-order valence-corrected chi connectivity index (χ2v) is 5.22. The highest BCUT2D eigenvalue weighted by atomic mass is 79.9. The van der Waals surface area contributed by atoms with Crippen LogP contribution in [0.15, 0.2) is 40.2 Å². The molecule has 0 atom stereocenters. The number of carbonyl (C=O) groups excluding carboxylic acids is 3. The van der Waals surface area contributed by atoms with Gasteiger partial charge in [0.1, 0.15) is 0 Å². The molecule has 122 valence electrons. The molecule has 0 radical (unpaired) electrons. The molecule has 0 saturated carbocycles. The predicted molar refractivity (Wildman–Crippen MR) is 83.3 cm³/mol. The van der Waals surface area contributed by atoms with E-state index in [1.807, 2.05) is 0 Å². The van der Waals surface area contributed by atoms with Gasteiger partial charge in [-0.15, -0.1) is 0 Å². The molecule has 0 aliphatic carbocycles. The molecular formula is C14H13BrN3O4S-. The number of amides is 2. The van der Waals surface area contributed by atoms with Crippen LogP contribution < -0.4 is 28.0 Å². The molecule has 0 spiro atoms. The minimum absolute atomic E-state index is 0. The predicted octanol–water partition coefficient (Wildman–Crippen LogP) is -1.72. The van der Waals surface area contributed by atoms with Gasteiger partial charge in [0.2, 0.25) is 5.91 Å². The van der Waals surface area contributed by atoms with Crippen LogP contribution in [0.1, 0.15) is 17.3 Å². The highest BCUT2D eigenvalue weighted by Crippen LogP contribution is 2.23. The van der Waals surface area contributed by atoms with Gasteiger partial charge in [-0.3, -0.25) is 9.59 Å². The number of amidine groups is 1. The fourth-order valence-electron chi connectivity index (χ4n) is 1.63. The van der Waals surface area contributed by atoms with Gasteiger partial charge in [0, 0.05) is 11.8 Å². The zero-order chi connectivity index (χ0) is 16.1. The SMILES string of the molecule is CCOC(=O)c1ccc(NC(=O)/C=C2\SC(N)=NC2=O)cc1.[Br-]. The molecule has 0 saturated heterocycles. The number of hydrogen-bond donors (Lipinski definition) is 2. The monoisotopic (exact) mass is 398 g/mol. The summed E-state index contributed by atoms with van der Waals surface area (Å²) >= 11 is 0.942. The van der Waals surface area contributed by atoms with Gasteiger partial charge in [-0.25, -0.2) is 4.79 Å². The van der Waals surface area contributed by atoms with Gasteiger partial charge in [0.15, 0.2) is 5.17 Å². The van der Waals surface area contributed by atoms with E-state index in [1.54, 1.807) is 19.1 Å². The first-order chi connectivity index (χ1) is 10.5. The summed E-state index contributed by atoms with van der Waals surface area (Å²) in [5.74, 6) is -1.44. The molecule has 1 aliphatic rings. The van der Waals surface area contributed by atoms with E-state index in [0.29, 0.717) is 17.9 Å². The molecule has 2 amide bonds. The number of thioether (sulfide) groups is 1. The fourth-order valence-corrected chi connectivity index (χ4v) is 2.28. The maximum atomic E-state index is 11.8. The Hall–Kier alpha value is -2.13. The molecular weight excluding hydrogens is 386 g/mol. The summed E-state index contributed by atoms with van der Waals surface area (Å²) in [5.41, 5.74) is 6.26. The molecule has 2 rings (SSSR count). The topological polar surface area (TPSA) is 111 Å². The maximum Gasteiger partial charge on any atom is 0.338 e. The Labute approximate surface area is 147 Å². The zero-order valence-corrected chi connectivity index (χ0v) is 14.4. The molecule has 7 nitrogen and oxygen atoms in total. The number of anilines is 1. The first-order valence-corrected chi connectivity index (χ1v) is 7.17. The Morgan fingerprint density at radius 3 is 2.52 bits per heavy atom. The van der Waals surface area contributed by atoms with Crippen LogP contribution in [0.25, 0.3) is 0 Å². The number of aliphatic imine (C=N–C) groups is 1. The summed E-state index contributed by atoms with van der Waals surface area (Å²) in [6.07, 6.45) is 1.13. The van der Waals surface area contributed by atoms with Crippen molar-refractivity contribution in [1.82, 2.24) is 0 Å². The molecule has 0 aromatic heterocycles. The Kier molecular flexibility index (Phi) is 6.98. The van der Waals surface area contributed by atoms with Gasteiger partial charge >= 0.3 is 5.97 Å². The Balaban J connectivity index is 0.00000264. The van der Waals surface area contributed by atoms with Crippen molar-refractivity contribution in [2.24, 2.45) is 10.7 Å². The fraction of sp³-hybridized carbons (Fsp3) is 0.143. The number of rotatable bonds is 4. The van der Waals surface area contributed by atoms with Crippen molar-refractivity contribution in [3.63, 3.8) is 0 Å². The molecule has 1 aliphatic heterocycles. The first kappa shape index (κ1) is 18.9. The minimum Gasteiger partial charge on any atom is -1.00 e. The van der Waals surface area contributed by atoms with Crippen molar-refractivity contribution in [2.75, 3.05) is 11.9 Å². The quantitative estimate of drug-likeness (QED) is 0.460. The normalized spacial score (nSPS) is 14.9. The van der Waals surface area contributed by atoms with E-state index >= 15 is 0 Å². The molecule has 3 N–H and O–H groups in total. The number of carbonyl (C=O) groups is 3. The second-order valence-electron chi connectivity index (χ2n) is 4.15. The minimum atomic E-state index is -0.532. The van der Waals surface area contributed by atoms with Crippen molar-refractivity contribution in [2.45, 2.75) is 6.92 Å². The van der Waals surface area contributed by atoms with E-state index < -0.39 is 17.8 Å². The summed E-state index contributed by atoms with van der Waals surface area (Å²) in [4.78, 5) is 38.3.